The number of halogens is 1. The summed E-state index contributed by atoms with van der Waals surface area (Å²) in [6.45, 7) is 5.48. The Morgan fingerprint density at radius 1 is 0.969 bits per heavy atom. The predicted octanol–water partition coefficient (Wildman–Crippen LogP) is 4.71. The van der Waals surface area contributed by atoms with Gasteiger partial charge in [-0.1, -0.05) is 29.8 Å². The normalized spacial score (nSPS) is 11.1. The zero-order chi connectivity index (χ0) is 23.1. The highest BCUT2D eigenvalue weighted by molar-refractivity contribution is 6.31. The van der Waals surface area contributed by atoms with Crippen LogP contribution in [0.3, 0.4) is 0 Å². The molecule has 0 fully saturated rings. The van der Waals surface area contributed by atoms with Crippen molar-refractivity contribution in [3.05, 3.63) is 88.2 Å². The maximum Gasteiger partial charge on any atom is 0.258 e. The van der Waals surface area contributed by atoms with Crippen molar-refractivity contribution in [1.82, 2.24) is 10.3 Å². The van der Waals surface area contributed by atoms with Crippen molar-refractivity contribution >= 4 is 40.7 Å². The lowest BCUT2D eigenvalue weighted by Gasteiger charge is -2.15. The lowest BCUT2D eigenvalue weighted by atomic mass is 10.1. The van der Waals surface area contributed by atoms with Gasteiger partial charge >= 0.3 is 0 Å². The average molecular weight is 450 g/mol. The van der Waals surface area contributed by atoms with Gasteiger partial charge in [0.25, 0.3) is 5.91 Å². The van der Waals surface area contributed by atoms with Crippen LogP contribution in [0.2, 0.25) is 5.02 Å². The summed E-state index contributed by atoms with van der Waals surface area (Å²) in [6, 6.07) is 16.1. The standard InChI is InChI=1S/C24H24ClN5O2/c1-15-7-9-18(12-21(15)28-17(3)31)23(32)30-24(27-14-20-6-4-5-11-26-20)29-22-13-19(25)10-8-16(22)2/h4-13H,14H2,1-3H3,(H,28,31)(H2,27,29,30,32). The molecule has 0 unspecified atom stereocenters. The van der Waals surface area contributed by atoms with E-state index >= 15 is 0 Å². The molecule has 32 heavy (non-hydrogen) atoms. The van der Waals surface area contributed by atoms with E-state index in [0.29, 0.717) is 16.3 Å². The topological polar surface area (TPSA) is 95.5 Å². The summed E-state index contributed by atoms with van der Waals surface area (Å²) >= 11 is 6.14. The van der Waals surface area contributed by atoms with Crippen molar-refractivity contribution in [2.75, 3.05) is 10.6 Å². The number of hydrogen-bond donors (Lipinski definition) is 3. The molecule has 0 aliphatic carbocycles. The number of anilines is 2. The molecule has 0 saturated heterocycles. The number of hydrogen-bond acceptors (Lipinski definition) is 4. The first kappa shape index (κ1) is 23.0. The van der Waals surface area contributed by atoms with Crippen LogP contribution in [0.4, 0.5) is 11.4 Å². The van der Waals surface area contributed by atoms with Crippen LogP contribution in [-0.2, 0) is 11.3 Å². The zero-order valence-corrected chi connectivity index (χ0v) is 18.8. The van der Waals surface area contributed by atoms with E-state index in [1.165, 1.54) is 6.92 Å². The number of guanidine groups is 1. The summed E-state index contributed by atoms with van der Waals surface area (Å²) in [7, 11) is 0. The first-order chi connectivity index (χ1) is 15.3. The Balaban J connectivity index is 1.86. The third kappa shape index (κ3) is 6.39. The number of rotatable bonds is 5. The molecule has 1 heterocycles. The SMILES string of the molecule is CC(=O)Nc1cc(C(=O)NC(=NCc2ccccn2)Nc2cc(Cl)ccc2C)ccc1C. The molecule has 3 rings (SSSR count). The molecule has 3 N–H and O–H groups in total. The zero-order valence-electron chi connectivity index (χ0n) is 18.1. The van der Waals surface area contributed by atoms with Crippen molar-refractivity contribution in [3.63, 3.8) is 0 Å². The van der Waals surface area contributed by atoms with E-state index in [9.17, 15) is 9.59 Å². The van der Waals surface area contributed by atoms with E-state index in [1.807, 2.05) is 38.1 Å². The first-order valence-corrected chi connectivity index (χ1v) is 10.4. The summed E-state index contributed by atoms with van der Waals surface area (Å²) < 4.78 is 0. The largest absolute Gasteiger partial charge is 0.326 e. The van der Waals surface area contributed by atoms with Crippen LogP contribution in [0.1, 0.15) is 34.1 Å². The minimum atomic E-state index is -0.372. The number of amides is 2. The molecule has 3 aromatic rings. The summed E-state index contributed by atoms with van der Waals surface area (Å²) in [5.74, 6) is -0.322. The molecule has 0 saturated carbocycles. The summed E-state index contributed by atoms with van der Waals surface area (Å²) in [5, 5.41) is 9.26. The smallest absolute Gasteiger partial charge is 0.258 e. The third-order valence-electron chi connectivity index (χ3n) is 4.62. The molecule has 0 bridgehead atoms. The van der Waals surface area contributed by atoms with Gasteiger partial charge in [-0.25, -0.2) is 4.99 Å². The highest BCUT2D eigenvalue weighted by Gasteiger charge is 2.13. The molecular weight excluding hydrogens is 426 g/mol. The number of carbonyl (C=O) groups excluding carboxylic acids is 2. The van der Waals surface area contributed by atoms with Gasteiger partial charge in [-0.15, -0.1) is 0 Å². The van der Waals surface area contributed by atoms with Crippen molar-refractivity contribution in [2.45, 2.75) is 27.3 Å². The van der Waals surface area contributed by atoms with Crippen LogP contribution in [0.5, 0.6) is 0 Å². The minimum Gasteiger partial charge on any atom is -0.326 e. The monoisotopic (exact) mass is 449 g/mol. The fourth-order valence-electron chi connectivity index (χ4n) is 2.89. The molecule has 7 nitrogen and oxygen atoms in total. The van der Waals surface area contributed by atoms with E-state index in [4.69, 9.17) is 11.6 Å². The van der Waals surface area contributed by atoms with Gasteiger partial charge in [0, 0.05) is 35.1 Å². The Bertz CT molecular complexity index is 1160. The number of aryl methyl sites for hydroxylation is 2. The number of carbonyl (C=O) groups is 2. The highest BCUT2D eigenvalue weighted by Crippen LogP contribution is 2.20. The second-order valence-electron chi connectivity index (χ2n) is 7.24. The van der Waals surface area contributed by atoms with Gasteiger partial charge in [0.2, 0.25) is 11.9 Å². The summed E-state index contributed by atoms with van der Waals surface area (Å²) in [4.78, 5) is 33.2. The predicted molar refractivity (Wildman–Crippen MR) is 128 cm³/mol. The molecule has 0 atom stereocenters. The maximum atomic E-state index is 13.0. The molecule has 164 valence electrons. The van der Waals surface area contributed by atoms with Gasteiger partial charge in [-0.05, 0) is 61.4 Å². The van der Waals surface area contributed by atoms with Crippen LogP contribution >= 0.6 is 11.6 Å². The van der Waals surface area contributed by atoms with Gasteiger partial charge in [0.15, 0.2) is 0 Å². The van der Waals surface area contributed by atoms with E-state index in [2.05, 4.69) is 25.9 Å². The Hall–Kier alpha value is -3.71. The molecule has 1 aromatic heterocycles. The van der Waals surface area contributed by atoms with Gasteiger partial charge in [0.1, 0.15) is 0 Å². The number of aromatic nitrogens is 1. The van der Waals surface area contributed by atoms with E-state index in [1.54, 1.807) is 36.5 Å². The van der Waals surface area contributed by atoms with Gasteiger partial charge in [0.05, 0.1) is 12.2 Å². The van der Waals surface area contributed by atoms with Gasteiger partial charge in [-0.3, -0.25) is 19.9 Å². The molecule has 8 heteroatoms. The van der Waals surface area contributed by atoms with Crippen molar-refractivity contribution in [1.29, 1.82) is 0 Å². The number of nitrogens with zero attached hydrogens (tertiary/aromatic N) is 2. The Morgan fingerprint density at radius 2 is 1.69 bits per heavy atom. The average Bonchev–Trinajstić information content (AvgIpc) is 2.76. The van der Waals surface area contributed by atoms with E-state index < -0.39 is 0 Å². The maximum absolute atomic E-state index is 13.0. The van der Waals surface area contributed by atoms with Crippen LogP contribution in [0.25, 0.3) is 0 Å². The highest BCUT2D eigenvalue weighted by atomic mass is 35.5. The minimum absolute atomic E-state index is 0.207. The molecular formula is C24H24ClN5O2. The van der Waals surface area contributed by atoms with Crippen LogP contribution in [-0.4, -0.2) is 22.8 Å². The molecule has 2 aromatic carbocycles. The lowest BCUT2D eigenvalue weighted by molar-refractivity contribution is -0.114. The number of pyridine rings is 1. The fraction of sp³-hybridized carbons (Fsp3) is 0.167. The molecule has 2 amide bonds. The molecule has 0 radical (unpaired) electrons. The van der Waals surface area contributed by atoms with Crippen molar-refractivity contribution in [2.24, 2.45) is 4.99 Å². The van der Waals surface area contributed by atoms with Crippen LogP contribution in [0, 0.1) is 13.8 Å². The van der Waals surface area contributed by atoms with Crippen LogP contribution < -0.4 is 16.0 Å². The Kier molecular flexibility index (Phi) is 7.57. The summed E-state index contributed by atoms with van der Waals surface area (Å²) in [5.41, 5.74) is 4.24. The first-order valence-electron chi connectivity index (χ1n) is 9.99. The molecule has 0 aliphatic rings. The second-order valence-corrected chi connectivity index (χ2v) is 7.67. The number of aliphatic imine (C=N–C) groups is 1. The van der Waals surface area contributed by atoms with Crippen molar-refractivity contribution < 1.29 is 9.59 Å². The lowest BCUT2D eigenvalue weighted by Crippen LogP contribution is -2.36. The van der Waals surface area contributed by atoms with Crippen LogP contribution in [0.15, 0.2) is 65.8 Å². The third-order valence-corrected chi connectivity index (χ3v) is 4.86. The van der Waals surface area contributed by atoms with E-state index in [-0.39, 0.29) is 24.3 Å². The molecule has 0 spiro atoms. The number of nitrogens with one attached hydrogen (secondary N) is 3. The number of benzene rings is 2. The fourth-order valence-corrected chi connectivity index (χ4v) is 3.06. The Morgan fingerprint density at radius 3 is 2.38 bits per heavy atom. The Labute approximate surface area is 191 Å². The molecule has 0 aliphatic heterocycles. The van der Waals surface area contributed by atoms with E-state index in [0.717, 1.165) is 22.5 Å². The van der Waals surface area contributed by atoms with Gasteiger partial charge < -0.3 is 10.6 Å². The second kappa shape index (κ2) is 10.5. The summed E-state index contributed by atoms with van der Waals surface area (Å²) in [6.07, 6.45) is 1.69. The van der Waals surface area contributed by atoms with Crippen molar-refractivity contribution in [3.8, 4) is 0 Å². The van der Waals surface area contributed by atoms with Gasteiger partial charge in [-0.2, -0.15) is 0 Å². The quantitative estimate of drug-likeness (QED) is 0.388.